The standard InChI is InChI=1S/C28H33N3O4S/c1-4-29-28(33)26(19-23-11-7-5-8-12-23)31(20-24-13-9-6-10-14-24)27(32)21-30(3)36(34,35)25-17-15-22(2)16-18-25/h5-18,26H,4,19-21H2,1-3H3,(H,29,33)/t26-/m1/s1. The second kappa shape index (κ2) is 12.5. The Hall–Kier alpha value is -3.49. The number of nitrogens with zero attached hydrogens (tertiary/aromatic N) is 2. The van der Waals surface area contributed by atoms with Crippen molar-refractivity contribution in [1.82, 2.24) is 14.5 Å². The molecule has 2 amide bonds. The lowest BCUT2D eigenvalue weighted by atomic mass is 10.0. The number of benzene rings is 3. The molecule has 3 aromatic carbocycles. The van der Waals surface area contributed by atoms with Gasteiger partial charge in [0.05, 0.1) is 11.4 Å². The minimum atomic E-state index is -3.89. The van der Waals surface area contributed by atoms with Gasteiger partial charge >= 0.3 is 0 Å². The lowest BCUT2D eigenvalue weighted by Gasteiger charge is -2.32. The first kappa shape index (κ1) is 27.1. The van der Waals surface area contributed by atoms with Gasteiger partial charge in [0, 0.05) is 26.6 Å². The molecule has 0 radical (unpaired) electrons. The summed E-state index contributed by atoms with van der Waals surface area (Å²) in [5.41, 5.74) is 2.69. The Kier molecular flexibility index (Phi) is 9.38. The van der Waals surface area contributed by atoms with Crippen LogP contribution in [0.4, 0.5) is 0 Å². The Morgan fingerprint density at radius 1 is 0.861 bits per heavy atom. The molecular formula is C28H33N3O4S. The van der Waals surface area contributed by atoms with E-state index in [1.807, 2.05) is 74.5 Å². The molecule has 0 aromatic heterocycles. The summed E-state index contributed by atoms with van der Waals surface area (Å²) in [5, 5.41) is 2.84. The van der Waals surface area contributed by atoms with Crippen LogP contribution >= 0.6 is 0 Å². The summed E-state index contributed by atoms with van der Waals surface area (Å²) in [6.45, 7) is 3.89. The second-order valence-electron chi connectivity index (χ2n) is 8.68. The lowest BCUT2D eigenvalue weighted by Crippen LogP contribution is -2.53. The fourth-order valence-electron chi connectivity index (χ4n) is 3.88. The van der Waals surface area contributed by atoms with E-state index < -0.39 is 28.5 Å². The van der Waals surface area contributed by atoms with Gasteiger partial charge in [-0.05, 0) is 37.1 Å². The Morgan fingerprint density at radius 2 is 1.42 bits per heavy atom. The number of carbonyl (C=O) groups is 2. The van der Waals surface area contributed by atoms with Crippen LogP contribution < -0.4 is 5.32 Å². The first-order valence-corrected chi connectivity index (χ1v) is 13.3. The number of nitrogens with one attached hydrogen (secondary N) is 1. The molecule has 0 fully saturated rings. The van der Waals surface area contributed by atoms with Crippen molar-refractivity contribution in [1.29, 1.82) is 0 Å². The molecule has 36 heavy (non-hydrogen) atoms. The largest absolute Gasteiger partial charge is 0.355 e. The van der Waals surface area contributed by atoms with Crippen LogP contribution in [0.25, 0.3) is 0 Å². The fourth-order valence-corrected chi connectivity index (χ4v) is 5.00. The minimum Gasteiger partial charge on any atom is -0.355 e. The van der Waals surface area contributed by atoms with Gasteiger partial charge in [-0.2, -0.15) is 4.31 Å². The Labute approximate surface area is 213 Å². The fraction of sp³-hybridized carbons (Fsp3) is 0.286. The maximum atomic E-state index is 13.7. The third-order valence-corrected chi connectivity index (χ3v) is 7.72. The number of hydrogen-bond acceptors (Lipinski definition) is 4. The molecule has 0 aliphatic rings. The van der Waals surface area contributed by atoms with Crippen molar-refractivity contribution in [2.75, 3.05) is 20.1 Å². The normalized spacial score (nSPS) is 12.2. The molecule has 1 atom stereocenters. The van der Waals surface area contributed by atoms with Gasteiger partial charge in [-0.1, -0.05) is 78.4 Å². The van der Waals surface area contributed by atoms with E-state index in [-0.39, 0.29) is 17.3 Å². The first-order chi connectivity index (χ1) is 17.2. The van der Waals surface area contributed by atoms with Crippen LogP contribution in [0.1, 0.15) is 23.6 Å². The van der Waals surface area contributed by atoms with Crippen molar-refractivity contribution < 1.29 is 18.0 Å². The summed E-state index contributed by atoms with van der Waals surface area (Å²) < 4.78 is 27.3. The Bertz CT molecular complexity index is 1250. The predicted octanol–water partition coefficient (Wildman–Crippen LogP) is 3.39. The van der Waals surface area contributed by atoms with Crippen molar-refractivity contribution in [2.45, 2.75) is 37.8 Å². The molecule has 0 aliphatic heterocycles. The van der Waals surface area contributed by atoms with Gasteiger partial charge in [-0.3, -0.25) is 9.59 Å². The highest BCUT2D eigenvalue weighted by Gasteiger charge is 2.32. The van der Waals surface area contributed by atoms with Gasteiger partial charge in [-0.25, -0.2) is 8.42 Å². The van der Waals surface area contributed by atoms with Crippen LogP contribution in [0.2, 0.25) is 0 Å². The zero-order valence-electron chi connectivity index (χ0n) is 20.9. The molecule has 1 N–H and O–H groups in total. The summed E-state index contributed by atoms with van der Waals surface area (Å²) in [7, 11) is -2.51. The first-order valence-electron chi connectivity index (χ1n) is 11.9. The molecule has 0 heterocycles. The van der Waals surface area contributed by atoms with E-state index in [0.717, 1.165) is 21.0 Å². The van der Waals surface area contributed by atoms with Crippen molar-refractivity contribution in [3.63, 3.8) is 0 Å². The third-order valence-electron chi connectivity index (χ3n) is 5.90. The average Bonchev–Trinajstić information content (AvgIpc) is 2.87. The average molecular weight is 508 g/mol. The topological polar surface area (TPSA) is 86.8 Å². The zero-order valence-corrected chi connectivity index (χ0v) is 21.7. The molecule has 190 valence electrons. The number of hydrogen-bond donors (Lipinski definition) is 1. The van der Waals surface area contributed by atoms with E-state index in [4.69, 9.17) is 0 Å². The maximum absolute atomic E-state index is 13.7. The highest BCUT2D eigenvalue weighted by molar-refractivity contribution is 7.89. The number of carbonyl (C=O) groups excluding carboxylic acids is 2. The molecule has 7 nitrogen and oxygen atoms in total. The van der Waals surface area contributed by atoms with Gasteiger partial charge in [0.2, 0.25) is 21.8 Å². The molecule has 8 heteroatoms. The van der Waals surface area contributed by atoms with E-state index in [2.05, 4.69) is 5.32 Å². The van der Waals surface area contributed by atoms with Crippen LogP contribution in [-0.4, -0.2) is 55.6 Å². The summed E-state index contributed by atoms with van der Waals surface area (Å²) in [5.74, 6) is -0.737. The van der Waals surface area contributed by atoms with Crippen molar-refractivity contribution >= 4 is 21.8 Å². The van der Waals surface area contributed by atoms with Gasteiger partial charge < -0.3 is 10.2 Å². The van der Waals surface area contributed by atoms with Crippen LogP contribution in [0.15, 0.2) is 89.8 Å². The number of likely N-dealkylation sites (N-methyl/N-ethyl adjacent to an activating group) is 2. The van der Waals surface area contributed by atoms with Gasteiger partial charge in [-0.15, -0.1) is 0 Å². The van der Waals surface area contributed by atoms with E-state index >= 15 is 0 Å². The quantitative estimate of drug-likeness (QED) is 0.431. The molecular weight excluding hydrogens is 474 g/mol. The lowest BCUT2D eigenvalue weighted by molar-refractivity contribution is -0.141. The zero-order chi connectivity index (χ0) is 26.1. The number of amides is 2. The highest BCUT2D eigenvalue weighted by Crippen LogP contribution is 2.18. The van der Waals surface area contributed by atoms with Crippen molar-refractivity contribution in [3.8, 4) is 0 Å². The van der Waals surface area contributed by atoms with Crippen LogP contribution in [0.5, 0.6) is 0 Å². The smallest absolute Gasteiger partial charge is 0.243 e. The van der Waals surface area contributed by atoms with Crippen molar-refractivity contribution in [2.24, 2.45) is 0 Å². The van der Waals surface area contributed by atoms with E-state index in [1.54, 1.807) is 12.1 Å². The van der Waals surface area contributed by atoms with Crippen LogP contribution in [0, 0.1) is 6.92 Å². The third kappa shape index (κ3) is 7.02. The van der Waals surface area contributed by atoms with E-state index in [0.29, 0.717) is 13.0 Å². The molecule has 0 bridgehead atoms. The monoisotopic (exact) mass is 507 g/mol. The molecule has 0 aliphatic carbocycles. The summed E-state index contributed by atoms with van der Waals surface area (Å²) in [6.07, 6.45) is 0.305. The number of aryl methyl sites for hydroxylation is 1. The number of sulfonamides is 1. The summed E-state index contributed by atoms with van der Waals surface area (Å²) in [6, 6.07) is 24.5. The molecule has 0 unspecified atom stereocenters. The van der Waals surface area contributed by atoms with E-state index in [1.165, 1.54) is 24.1 Å². The van der Waals surface area contributed by atoms with Crippen LogP contribution in [0.3, 0.4) is 0 Å². The molecule has 3 rings (SSSR count). The minimum absolute atomic E-state index is 0.113. The molecule has 0 spiro atoms. The maximum Gasteiger partial charge on any atom is 0.243 e. The van der Waals surface area contributed by atoms with Gasteiger partial charge in [0.15, 0.2) is 0 Å². The molecule has 3 aromatic rings. The Morgan fingerprint density at radius 3 is 1.97 bits per heavy atom. The summed E-state index contributed by atoms with van der Waals surface area (Å²) >= 11 is 0. The SMILES string of the molecule is CCNC(=O)[C@@H](Cc1ccccc1)N(Cc1ccccc1)C(=O)CN(C)S(=O)(=O)c1ccc(C)cc1. The van der Waals surface area contributed by atoms with E-state index in [9.17, 15) is 18.0 Å². The second-order valence-corrected chi connectivity index (χ2v) is 10.7. The molecule has 0 saturated carbocycles. The van der Waals surface area contributed by atoms with Crippen molar-refractivity contribution in [3.05, 3.63) is 102 Å². The highest BCUT2D eigenvalue weighted by atomic mass is 32.2. The molecule has 0 saturated heterocycles. The summed E-state index contributed by atoms with van der Waals surface area (Å²) in [4.78, 5) is 28.4. The predicted molar refractivity (Wildman–Crippen MR) is 141 cm³/mol. The van der Waals surface area contributed by atoms with Crippen LogP contribution in [-0.2, 0) is 32.6 Å². The van der Waals surface area contributed by atoms with Gasteiger partial charge in [0.1, 0.15) is 6.04 Å². The van der Waals surface area contributed by atoms with Gasteiger partial charge in [0.25, 0.3) is 0 Å². The Balaban J connectivity index is 1.93. The number of rotatable bonds is 11.